The van der Waals surface area contributed by atoms with Crippen molar-refractivity contribution in [3.8, 4) is 0 Å². The van der Waals surface area contributed by atoms with Crippen molar-refractivity contribution >= 4 is 29.2 Å². The van der Waals surface area contributed by atoms with Crippen LogP contribution in [0.4, 0.5) is 10.5 Å². The average molecular weight is 324 g/mol. The van der Waals surface area contributed by atoms with Gasteiger partial charge in [-0.25, -0.2) is 4.79 Å². The third-order valence-corrected chi connectivity index (χ3v) is 4.05. The zero-order valence-electron chi connectivity index (χ0n) is 13.1. The van der Waals surface area contributed by atoms with Crippen LogP contribution < -0.4 is 10.6 Å². The van der Waals surface area contributed by atoms with Gasteiger partial charge >= 0.3 is 6.03 Å². The van der Waals surface area contributed by atoms with E-state index >= 15 is 0 Å². The fourth-order valence-corrected chi connectivity index (χ4v) is 2.76. The molecule has 0 unspecified atom stereocenters. The first-order valence-electron chi connectivity index (χ1n) is 7.50. The first kappa shape index (κ1) is 16.6. The fourth-order valence-electron chi connectivity index (χ4n) is 2.53. The van der Waals surface area contributed by atoms with E-state index < -0.39 is 0 Å². The molecule has 3 amide bonds. The van der Waals surface area contributed by atoms with Crippen LogP contribution in [0.2, 0.25) is 5.02 Å². The molecule has 0 spiro atoms. The Kier molecular flexibility index (Phi) is 5.29. The minimum atomic E-state index is -0.165. The maximum Gasteiger partial charge on any atom is 0.322 e. The van der Waals surface area contributed by atoms with Crippen LogP contribution in [0.5, 0.6) is 0 Å². The molecular formula is C16H22ClN3O2. The van der Waals surface area contributed by atoms with Gasteiger partial charge in [-0.1, -0.05) is 11.6 Å². The number of urea groups is 1. The van der Waals surface area contributed by atoms with E-state index in [-0.39, 0.29) is 24.0 Å². The second-order valence-corrected chi connectivity index (χ2v) is 6.38. The molecule has 0 aliphatic carbocycles. The van der Waals surface area contributed by atoms with Gasteiger partial charge in [0.25, 0.3) is 0 Å². The summed E-state index contributed by atoms with van der Waals surface area (Å²) in [6, 6.07) is 5.28. The van der Waals surface area contributed by atoms with E-state index in [0.717, 1.165) is 17.7 Å². The number of hydrogen-bond acceptors (Lipinski definition) is 2. The van der Waals surface area contributed by atoms with E-state index in [4.69, 9.17) is 11.6 Å². The number of carbonyl (C=O) groups is 2. The minimum Gasteiger partial charge on any atom is -0.352 e. The second-order valence-electron chi connectivity index (χ2n) is 5.94. The lowest BCUT2D eigenvalue weighted by molar-refractivity contribution is -0.119. The van der Waals surface area contributed by atoms with Crippen LogP contribution in [0, 0.1) is 6.92 Å². The number of rotatable bonds is 4. The van der Waals surface area contributed by atoms with E-state index in [9.17, 15) is 9.59 Å². The number of carbonyl (C=O) groups excluding carboxylic acids is 2. The Morgan fingerprint density at radius 3 is 2.77 bits per heavy atom. The van der Waals surface area contributed by atoms with Crippen LogP contribution in [0.1, 0.15) is 32.3 Å². The molecule has 120 valence electrons. The molecule has 1 aliphatic heterocycles. The van der Waals surface area contributed by atoms with Crippen molar-refractivity contribution in [2.24, 2.45) is 0 Å². The molecule has 22 heavy (non-hydrogen) atoms. The summed E-state index contributed by atoms with van der Waals surface area (Å²) < 4.78 is 0. The summed E-state index contributed by atoms with van der Waals surface area (Å²) in [6.45, 7) is 6.34. The Labute approximate surface area is 136 Å². The van der Waals surface area contributed by atoms with Crippen LogP contribution in [0.3, 0.4) is 0 Å². The van der Waals surface area contributed by atoms with Gasteiger partial charge in [0.15, 0.2) is 0 Å². The molecule has 0 radical (unpaired) electrons. The van der Waals surface area contributed by atoms with Gasteiger partial charge in [-0.3, -0.25) is 4.79 Å². The van der Waals surface area contributed by atoms with Crippen LogP contribution in [-0.4, -0.2) is 35.5 Å². The third-order valence-electron chi connectivity index (χ3n) is 3.82. The van der Waals surface area contributed by atoms with Gasteiger partial charge in [0, 0.05) is 35.8 Å². The molecule has 1 aromatic carbocycles. The molecule has 2 N–H and O–H groups in total. The van der Waals surface area contributed by atoms with E-state index in [2.05, 4.69) is 10.6 Å². The summed E-state index contributed by atoms with van der Waals surface area (Å²) in [5.74, 6) is 0.0580. The smallest absolute Gasteiger partial charge is 0.322 e. The average Bonchev–Trinajstić information content (AvgIpc) is 2.84. The molecule has 1 atom stereocenters. The predicted molar refractivity (Wildman–Crippen MR) is 88.2 cm³/mol. The Balaban J connectivity index is 2.04. The van der Waals surface area contributed by atoms with Gasteiger partial charge < -0.3 is 15.5 Å². The molecule has 1 fully saturated rings. The normalized spacial score (nSPS) is 17.5. The quantitative estimate of drug-likeness (QED) is 0.894. The highest BCUT2D eigenvalue weighted by Gasteiger charge is 2.26. The lowest BCUT2D eigenvalue weighted by atomic mass is 10.2. The van der Waals surface area contributed by atoms with Gasteiger partial charge in [0.05, 0.1) is 0 Å². The number of amides is 3. The van der Waals surface area contributed by atoms with Gasteiger partial charge in [0.2, 0.25) is 5.91 Å². The maximum absolute atomic E-state index is 12.5. The van der Waals surface area contributed by atoms with Crippen molar-refractivity contribution in [1.82, 2.24) is 10.2 Å². The summed E-state index contributed by atoms with van der Waals surface area (Å²) in [6.07, 6.45) is 1.31. The fraction of sp³-hybridized carbons (Fsp3) is 0.500. The van der Waals surface area contributed by atoms with Crippen molar-refractivity contribution in [3.63, 3.8) is 0 Å². The number of aryl methyl sites for hydroxylation is 1. The monoisotopic (exact) mass is 323 g/mol. The van der Waals surface area contributed by atoms with Crippen molar-refractivity contribution in [1.29, 1.82) is 0 Å². The number of anilines is 1. The lowest BCUT2D eigenvalue weighted by Gasteiger charge is -2.29. The Bertz CT molecular complexity index is 575. The highest BCUT2D eigenvalue weighted by molar-refractivity contribution is 6.30. The zero-order valence-corrected chi connectivity index (χ0v) is 13.9. The summed E-state index contributed by atoms with van der Waals surface area (Å²) in [5, 5.41) is 6.46. The second kappa shape index (κ2) is 7.01. The summed E-state index contributed by atoms with van der Waals surface area (Å²) in [7, 11) is 0. The van der Waals surface area contributed by atoms with Crippen molar-refractivity contribution in [2.75, 3.05) is 11.9 Å². The molecule has 1 aromatic rings. The molecule has 0 saturated carbocycles. The van der Waals surface area contributed by atoms with Crippen LogP contribution >= 0.6 is 11.6 Å². The van der Waals surface area contributed by atoms with Crippen LogP contribution in [0.25, 0.3) is 0 Å². The molecule has 1 heterocycles. The molecule has 1 aliphatic rings. The SMILES string of the molecule is Cc1cc(Cl)ccc1NC(=O)N(C[C@H]1CCC(=O)N1)C(C)C. The molecular weight excluding hydrogens is 302 g/mol. The maximum atomic E-state index is 12.5. The first-order valence-corrected chi connectivity index (χ1v) is 7.87. The van der Waals surface area contributed by atoms with Gasteiger partial charge in [0.1, 0.15) is 0 Å². The standard InChI is InChI=1S/C16H22ClN3O2/c1-10(2)20(9-13-5-7-15(21)18-13)16(22)19-14-6-4-12(17)8-11(14)3/h4,6,8,10,13H,5,7,9H2,1-3H3,(H,18,21)(H,19,22)/t13-/m1/s1. The van der Waals surface area contributed by atoms with E-state index in [0.29, 0.717) is 18.0 Å². The number of nitrogens with one attached hydrogen (secondary N) is 2. The Morgan fingerprint density at radius 1 is 1.50 bits per heavy atom. The van der Waals surface area contributed by atoms with Gasteiger partial charge in [-0.05, 0) is 51.0 Å². The topological polar surface area (TPSA) is 61.4 Å². The predicted octanol–water partition coefficient (Wildman–Crippen LogP) is 3.17. The number of hydrogen-bond donors (Lipinski definition) is 2. The highest BCUT2D eigenvalue weighted by atomic mass is 35.5. The van der Waals surface area contributed by atoms with Crippen molar-refractivity contribution in [3.05, 3.63) is 28.8 Å². The molecule has 5 nitrogen and oxygen atoms in total. The summed E-state index contributed by atoms with van der Waals surface area (Å²) >= 11 is 5.93. The number of nitrogens with zero attached hydrogens (tertiary/aromatic N) is 1. The molecule has 1 saturated heterocycles. The molecule has 2 rings (SSSR count). The number of benzene rings is 1. The van der Waals surface area contributed by atoms with Crippen molar-refractivity contribution in [2.45, 2.75) is 45.7 Å². The zero-order chi connectivity index (χ0) is 16.3. The molecule has 6 heteroatoms. The van der Waals surface area contributed by atoms with Crippen molar-refractivity contribution < 1.29 is 9.59 Å². The molecule has 0 bridgehead atoms. The number of halogens is 1. The van der Waals surface area contributed by atoms with Gasteiger partial charge in [-0.15, -0.1) is 0 Å². The van der Waals surface area contributed by atoms with Gasteiger partial charge in [-0.2, -0.15) is 0 Å². The largest absolute Gasteiger partial charge is 0.352 e. The molecule has 0 aromatic heterocycles. The Hall–Kier alpha value is -1.75. The van der Waals surface area contributed by atoms with Crippen LogP contribution in [-0.2, 0) is 4.79 Å². The Morgan fingerprint density at radius 2 is 2.23 bits per heavy atom. The van der Waals surface area contributed by atoms with E-state index in [1.165, 1.54) is 0 Å². The first-order chi connectivity index (χ1) is 10.4. The summed E-state index contributed by atoms with van der Waals surface area (Å²) in [4.78, 5) is 25.6. The summed E-state index contributed by atoms with van der Waals surface area (Å²) in [5.41, 5.74) is 1.66. The third kappa shape index (κ3) is 4.13. The minimum absolute atomic E-state index is 0.0342. The lowest BCUT2D eigenvalue weighted by Crippen LogP contribution is -2.47. The van der Waals surface area contributed by atoms with E-state index in [1.54, 1.807) is 17.0 Å². The van der Waals surface area contributed by atoms with Crippen LogP contribution in [0.15, 0.2) is 18.2 Å². The van der Waals surface area contributed by atoms with E-state index in [1.807, 2.05) is 26.8 Å². The highest BCUT2D eigenvalue weighted by Crippen LogP contribution is 2.20.